The van der Waals surface area contributed by atoms with Gasteiger partial charge in [-0.2, -0.15) is 0 Å². The van der Waals surface area contributed by atoms with Gasteiger partial charge in [-0.05, 0) is 38.2 Å². The zero-order chi connectivity index (χ0) is 17.9. The molecule has 1 aromatic rings. The number of ether oxygens (including phenoxy) is 1. The summed E-state index contributed by atoms with van der Waals surface area (Å²) in [6, 6.07) is 8.64. The fourth-order valence-corrected chi connectivity index (χ4v) is 2.89. The molecule has 0 aromatic heterocycles. The quantitative estimate of drug-likeness (QED) is 0.260. The normalized spacial score (nSPS) is 15.6. The van der Waals surface area contributed by atoms with Gasteiger partial charge in [-0.25, -0.2) is 0 Å². The van der Waals surface area contributed by atoms with Gasteiger partial charge in [0.1, 0.15) is 0 Å². The van der Waals surface area contributed by atoms with Crippen molar-refractivity contribution in [3.8, 4) is 0 Å². The molecule has 26 heavy (non-hydrogen) atoms. The summed E-state index contributed by atoms with van der Waals surface area (Å²) in [7, 11) is 6.01. The lowest BCUT2D eigenvalue weighted by Crippen LogP contribution is -2.38. The van der Waals surface area contributed by atoms with Crippen molar-refractivity contribution >= 4 is 29.9 Å². The van der Waals surface area contributed by atoms with Gasteiger partial charge < -0.3 is 20.3 Å². The molecule has 0 radical (unpaired) electrons. The number of guanidine groups is 1. The molecular formula is C19H34IN5O. The number of morpholine rings is 1. The van der Waals surface area contributed by atoms with Crippen molar-refractivity contribution in [2.45, 2.75) is 19.5 Å². The molecule has 0 amide bonds. The lowest BCUT2D eigenvalue weighted by atomic mass is 10.1. The summed E-state index contributed by atoms with van der Waals surface area (Å²) in [5.74, 6) is 0.861. The molecule has 1 aromatic carbocycles. The van der Waals surface area contributed by atoms with Crippen molar-refractivity contribution in [2.75, 3.05) is 60.5 Å². The van der Waals surface area contributed by atoms with Gasteiger partial charge in [0.15, 0.2) is 5.96 Å². The maximum atomic E-state index is 5.44. The molecule has 148 valence electrons. The second-order valence-electron chi connectivity index (χ2n) is 6.67. The predicted octanol–water partition coefficient (Wildman–Crippen LogP) is 1.75. The molecule has 1 saturated heterocycles. The van der Waals surface area contributed by atoms with Crippen LogP contribution in [-0.2, 0) is 17.8 Å². The van der Waals surface area contributed by atoms with Crippen LogP contribution in [0.3, 0.4) is 0 Å². The minimum atomic E-state index is 0. The number of hydrogen-bond donors (Lipinski definition) is 2. The largest absolute Gasteiger partial charge is 0.379 e. The number of rotatable bonds is 8. The summed E-state index contributed by atoms with van der Waals surface area (Å²) in [5.41, 5.74) is 2.70. The Morgan fingerprint density at radius 2 is 1.85 bits per heavy atom. The minimum Gasteiger partial charge on any atom is -0.379 e. The van der Waals surface area contributed by atoms with E-state index in [9.17, 15) is 0 Å². The van der Waals surface area contributed by atoms with E-state index in [4.69, 9.17) is 4.74 Å². The molecule has 6 nitrogen and oxygen atoms in total. The Kier molecular flexibility index (Phi) is 11.8. The van der Waals surface area contributed by atoms with Gasteiger partial charge in [0.05, 0.1) is 13.2 Å². The van der Waals surface area contributed by atoms with Crippen molar-refractivity contribution < 1.29 is 4.74 Å². The molecule has 0 unspecified atom stereocenters. The number of hydrogen-bond acceptors (Lipinski definition) is 4. The van der Waals surface area contributed by atoms with E-state index < -0.39 is 0 Å². The fraction of sp³-hybridized carbons (Fsp3) is 0.632. The van der Waals surface area contributed by atoms with Gasteiger partial charge in [0, 0.05) is 39.8 Å². The van der Waals surface area contributed by atoms with Gasteiger partial charge in [-0.3, -0.25) is 9.89 Å². The molecule has 1 heterocycles. The lowest BCUT2D eigenvalue weighted by molar-refractivity contribution is 0.0341. The number of aliphatic imine (C=N–C) groups is 1. The molecule has 1 fully saturated rings. The van der Waals surface area contributed by atoms with Crippen LogP contribution in [0.25, 0.3) is 0 Å². The Balaban J connectivity index is 0.00000338. The van der Waals surface area contributed by atoms with Gasteiger partial charge in [0.2, 0.25) is 0 Å². The van der Waals surface area contributed by atoms with Crippen LogP contribution < -0.4 is 10.6 Å². The van der Waals surface area contributed by atoms with E-state index in [1.54, 1.807) is 0 Å². The number of nitrogens with zero attached hydrogens (tertiary/aromatic N) is 3. The van der Waals surface area contributed by atoms with Crippen molar-refractivity contribution in [1.82, 2.24) is 20.4 Å². The highest BCUT2D eigenvalue weighted by atomic mass is 127. The molecular weight excluding hydrogens is 441 g/mol. The zero-order valence-electron chi connectivity index (χ0n) is 16.3. The minimum absolute atomic E-state index is 0. The Morgan fingerprint density at radius 1 is 1.15 bits per heavy atom. The van der Waals surface area contributed by atoms with Crippen molar-refractivity contribution in [3.63, 3.8) is 0 Å². The van der Waals surface area contributed by atoms with Crippen LogP contribution in [0.5, 0.6) is 0 Å². The van der Waals surface area contributed by atoms with Crippen LogP contribution in [0.4, 0.5) is 0 Å². The first-order chi connectivity index (χ1) is 12.2. The highest BCUT2D eigenvalue weighted by molar-refractivity contribution is 14.0. The molecule has 1 aliphatic rings. The summed E-state index contributed by atoms with van der Waals surface area (Å²) in [6.45, 7) is 7.46. The monoisotopic (exact) mass is 475 g/mol. The summed E-state index contributed by atoms with van der Waals surface area (Å²) in [6.07, 6.45) is 1.10. The Labute approximate surface area is 175 Å². The van der Waals surface area contributed by atoms with E-state index in [0.29, 0.717) is 0 Å². The van der Waals surface area contributed by atoms with E-state index in [2.05, 4.69) is 63.8 Å². The van der Waals surface area contributed by atoms with E-state index in [1.807, 2.05) is 7.05 Å². The van der Waals surface area contributed by atoms with Crippen LogP contribution in [-0.4, -0.2) is 76.3 Å². The maximum Gasteiger partial charge on any atom is 0.191 e. The standard InChI is InChI=1S/C19H33N5O.HI/c1-20-19(21-9-6-10-23(2)3)22-15-17-7-4-5-8-18(17)16-24-11-13-25-14-12-24;/h4-5,7-8H,6,9-16H2,1-3H3,(H2,20,21,22);1H. The van der Waals surface area contributed by atoms with Crippen molar-refractivity contribution in [3.05, 3.63) is 35.4 Å². The summed E-state index contributed by atoms with van der Waals surface area (Å²) < 4.78 is 5.44. The molecule has 0 atom stereocenters. The summed E-state index contributed by atoms with van der Waals surface area (Å²) in [4.78, 5) is 8.97. The maximum absolute atomic E-state index is 5.44. The molecule has 2 rings (SSSR count). The van der Waals surface area contributed by atoms with E-state index in [1.165, 1.54) is 11.1 Å². The van der Waals surface area contributed by atoms with Crippen LogP contribution in [0.1, 0.15) is 17.5 Å². The van der Waals surface area contributed by atoms with E-state index >= 15 is 0 Å². The highest BCUT2D eigenvalue weighted by Gasteiger charge is 2.12. The van der Waals surface area contributed by atoms with Gasteiger partial charge in [-0.1, -0.05) is 24.3 Å². The lowest BCUT2D eigenvalue weighted by Gasteiger charge is -2.27. The van der Waals surface area contributed by atoms with Crippen molar-refractivity contribution in [2.24, 2.45) is 4.99 Å². The fourth-order valence-electron chi connectivity index (χ4n) is 2.89. The average molecular weight is 475 g/mol. The molecule has 0 spiro atoms. The molecule has 0 saturated carbocycles. The second-order valence-corrected chi connectivity index (χ2v) is 6.67. The Hall–Kier alpha value is -0.900. The Bertz CT molecular complexity index is 532. The SMILES string of the molecule is CN=C(NCCCN(C)C)NCc1ccccc1CN1CCOCC1.I. The van der Waals surface area contributed by atoms with Crippen LogP contribution in [0, 0.1) is 0 Å². The van der Waals surface area contributed by atoms with E-state index in [0.717, 1.165) is 64.9 Å². The zero-order valence-corrected chi connectivity index (χ0v) is 18.7. The first-order valence-corrected chi connectivity index (χ1v) is 9.15. The van der Waals surface area contributed by atoms with E-state index in [-0.39, 0.29) is 24.0 Å². The molecule has 1 aliphatic heterocycles. The number of benzene rings is 1. The summed E-state index contributed by atoms with van der Waals surface area (Å²) in [5, 5.41) is 6.81. The van der Waals surface area contributed by atoms with Gasteiger partial charge >= 0.3 is 0 Å². The third kappa shape index (κ3) is 8.66. The number of nitrogens with one attached hydrogen (secondary N) is 2. The first-order valence-electron chi connectivity index (χ1n) is 9.15. The smallest absolute Gasteiger partial charge is 0.191 e. The Morgan fingerprint density at radius 3 is 2.50 bits per heavy atom. The molecule has 2 N–H and O–H groups in total. The predicted molar refractivity (Wildman–Crippen MR) is 119 cm³/mol. The van der Waals surface area contributed by atoms with Crippen LogP contribution in [0.2, 0.25) is 0 Å². The van der Waals surface area contributed by atoms with Crippen LogP contribution in [0.15, 0.2) is 29.3 Å². The summed E-state index contributed by atoms with van der Waals surface area (Å²) >= 11 is 0. The topological polar surface area (TPSA) is 52.1 Å². The molecule has 0 bridgehead atoms. The highest BCUT2D eigenvalue weighted by Crippen LogP contribution is 2.12. The van der Waals surface area contributed by atoms with Crippen molar-refractivity contribution in [1.29, 1.82) is 0 Å². The van der Waals surface area contributed by atoms with Gasteiger partial charge in [-0.15, -0.1) is 24.0 Å². The second kappa shape index (κ2) is 13.3. The third-order valence-electron chi connectivity index (χ3n) is 4.36. The molecule has 7 heteroatoms. The third-order valence-corrected chi connectivity index (χ3v) is 4.36. The number of halogens is 1. The molecule has 0 aliphatic carbocycles. The average Bonchev–Trinajstić information content (AvgIpc) is 2.63. The van der Waals surface area contributed by atoms with Gasteiger partial charge in [0.25, 0.3) is 0 Å². The van der Waals surface area contributed by atoms with Crippen LogP contribution >= 0.6 is 24.0 Å². The first kappa shape index (κ1) is 23.1.